The lowest BCUT2D eigenvalue weighted by Crippen LogP contribution is -2.35. The standard InChI is InChI=1S/C24H28N7O12P/c1-38-19-18(33)15(42-23(19)31-10-28-17-20(25)26-9-27-21(17)31)8-40-44(36,37)43-13-5-16(41-14(13)7-32)30-6-11(12-3-2-4-39-12)22(34)29-24(30)35/h2-4,6,9-10,13-16,18-19,23,32-33H,5,7-8H2,1H3,(H,36,37)(H2,25,26,27)(H,29,34,35)/p-1/t13?,14-,15-,16-,18?,19+,23-/m1/s1. The molecule has 0 saturated carbocycles. The number of nitrogens with two attached hydrogens (primary N) is 1. The van der Waals surface area contributed by atoms with Crippen LogP contribution in [0.4, 0.5) is 5.82 Å². The summed E-state index contributed by atoms with van der Waals surface area (Å²) in [6.07, 6.45) is -3.04. The number of ether oxygens (including phenoxy) is 3. The van der Waals surface area contributed by atoms with Gasteiger partial charge in [-0.1, -0.05) is 0 Å². The van der Waals surface area contributed by atoms with Crippen molar-refractivity contribution in [3.05, 3.63) is 58.1 Å². The highest BCUT2D eigenvalue weighted by atomic mass is 31.2. The van der Waals surface area contributed by atoms with Crippen LogP contribution in [0.3, 0.4) is 0 Å². The first-order valence-electron chi connectivity index (χ1n) is 13.2. The summed E-state index contributed by atoms with van der Waals surface area (Å²) < 4.78 is 47.8. The Hall–Kier alpha value is -3.78. The fraction of sp³-hybridized carbons (Fsp3) is 0.458. The fourth-order valence-electron chi connectivity index (χ4n) is 5.20. The Balaban J connectivity index is 1.13. The summed E-state index contributed by atoms with van der Waals surface area (Å²) in [6, 6.07) is 3.08. The van der Waals surface area contributed by atoms with Crippen molar-refractivity contribution < 1.29 is 47.3 Å². The van der Waals surface area contributed by atoms with Crippen molar-refractivity contribution in [1.29, 1.82) is 0 Å². The first-order chi connectivity index (χ1) is 21.1. The van der Waals surface area contributed by atoms with E-state index in [1.54, 1.807) is 6.07 Å². The molecular weight excluding hydrogens is 609 g/mol. The van der Waals surface area contributed by atoms with Crippen molar-refractivity contribution in [3.8, 4) is 11.3 Å². The molecule has 0 bridgehead atoms. The molecule has 3 unspecified atom stereocenters. The Bertz CT molecular complexity index is 1790. The highest BCUT2D eigenvalue weighted by molar-refractivity contribution is 7.45. The maximum absolute atomic E-state index is 12.9. The van der Waals surface area contributed by atoms with E-state index in [2.05, 4.69) is 19.9 Å². The van der Waals surface area contributed by atoms with Crippen LogP contribution in [0.1, 0.15) is 18.9 Å². The molecule has 0 aromatic carbocycles. The zero-order valence-corrected chi connectivity index (χ0v) is 23.8. The Kier molecular flexibility index (Phi) is 8.22. The molecule has 2 aliphatic rings. The van der Waals surface area contributed by atoms with Crippen molar-refractivity contribution in [2.45, 2.75) is 49.4 Å². The first-order valence-corrected chi connectivity index (χ1v) is 14.6. The van der Waals surface area contributed by atoms with Crippen LogP contribution in [0.25, 0.3) is 22.5 Å². The van der Waals surface area contributed by atoms with Crippen molar-refractivity contribution in [3.63, 3.8) is 0 Å². The van der Waals surface area contributed by atoms with Crippen molar-refractivity contribution in [1.82, 2.24) is 29.1 Å². The molecule has 6 rings (SSSR count). The van der Waals surface area contributed by atoms with Gasteiger partial charge in [0.2, 0.25) is 0 Å². The number of nitrogens with one attached hydrogen (secondary N) is 1. The quantitative estimate of drug-likeness (QED) is 0.146. The zero-order chi connectivity index (χ0) is 31.2. The van der Waals surface area contributed by atoms with Crippen molar-refractivity contribution in [2.24, 2.45) is 0 Å². The van der Waals surface area contributed by atoms with Crippen LogP contribution in [-0.4, -0.2) is 90.1 Å². The number of phosphoric ester groups is 1. The molecule has 0 amide bonds. The van der Waals surface area contributed by atoms with Crippen molar-refractivity contribution >= 4 is 24.8 Å². The number of nitrogen functional groups attached to an aromatic ring is 1. The highest BCUT2D eigenvalue weighted by Gasteiger charge is 2.47. The van der Waals surface area contributed by atoms with Gasteiger partial charge < -0.3 is 48.5 Å². The van der Waals surface area contributed by atoms with E-state index >= 15 is 0 Å². The average Bonchev–Trinajstić information content (AvgIpc) is 3.78. The normalized spacial score (nSPS) is 28.5. The maximum atomic E-state index is 12.9. The maximum Gasteiger partial charge on any atom is 0.330 e. The smallest absolute Gasteiger partial charge is 0.330 e. The van der Waals surface area contributed by atoms with E-state index in [1.165, 1.54) is 42.9 Å². The monoisotopic (exact) mass is 636 g/mol. The first kappa shape index (κ1) is 30.3. The summed E-state index contributed by atoms with van der Waals surface area (Å²) >= 11 is 0. The predicted molar refractivity (Wildman–Crippen MR) is 144 cm³/mol. The van der Waals surface area contributed by atoms with Gasteiger partial charge in [-0.05, 0) is 12.1 Å². The molecule has 236 valence electrons. The third-order valence-electron chi connectivity index (χ3n) is 7.33. The van der Waals surface area contributed by atoms with Crippen LogP contribution in [0.15, 0.2) is 51.3 Å². The Morgan fingerprint density at radius 2 is 2.05 bits per heavy atom. The lowest BCUT2D eigenvalue weighted by atomic mass is 10.1. The SMILES string of the molecule is CO[C@H]1C(O)[C@@H](COP(=O)([O-])OC2C[C@H](n3cc(-c4ccco4)c(=O)[nH]c3=O)O[C@@H]2CO)O[C@H]1n1cnc2c(N)ncnc21. The molecule has 8 atom stereocenters. The van der Waals surface area contributed by atoms with Crippen LogP contribution >= 0.6 is 7.82 Å². The number of aromatic amines is 1. The lowest BCUT2D eigenvalue weighted by molar-refractivity contribution is -0.234. The van der Waals surface area contributed by atoms with E-state index in [1.807, 2.05) is 0 Å². The molecule has 0 spiro atoms. The summed E-state index contributed by atoms with van der Waals surface area (Å²) in [6.45, 7) is -1.31. The van der Waals surface area contributed by atoms with Crippen LogP contribution in [0, 0.1) is 0 Å². The molecule has 5 N–H and O–H groups in total. The number of furan rings is 1. The van der Waals surface area contributed by atoms with Gasteiger partial charge >= 0.3 is 5.69 Å². The predicted octanol–water partition coefficient (Wildman–Crippen LogP) is -1.36. The summed E-state index contributed by atoms with van der Waals surface area (Å²) in [5.74, 6) is 0.322. The summed E-state index contributed by atoms with van der Waals surface area (Å²) in [4.78, 5) is 52.1. The minimum atomic E-state index is -5.10. The van der Waals surface area contributed by atoms with Crippen LogP contribution in [-0.2, 0) is 27.8 Å². The van der Waals surface area contributed by atoms with Gasteiger partial charge in [0.1, 0.15) is 48.2 Å². The highest BCUT2D eigenvalue weighted by Crippen LogP contribution is 2.46. The van der Waals surface area contributed by atoms with Gasteiger partial charge in [0.05, 0.1) is 37.5 Å². The number of anilines is 1. The number of fused-ring (bicyclic) bond motifs is 1. The van der Waals surface area contributed by atoms with Crippen LogP contribution in [0.2, 0.25) is 0 Å². The second-order valence-corrected chi connectivity index (χ2v) is 11.3. The van der Waals surface area contributed by atoms with Gasteiger partial charge in [-0.25, -0.2) is 19.7 Å². The number of rotatable bonds is 10. The molecule has 20 heteroatoms. The Morgan fingerprint density at radius 1 is 1.23 bits per heavy atom. The van der Waals surface area contributed by atoms with E-state index < -0.39 is 75.3 Å². The molecule has 0 radical (unpaired) electrons. The van der Waals surface area contributed by atoms with Gasteiger partial charge in [0.15, 0.2) is 17.7 Å². The zero-order valence-electron chi connectivity index (χ0n) is 22.9. The number of aliphatic hydroxyl groups excluding tert-OH is 2. The third-order valence-corrected chi connectivity index (χ3v) is 8.33. The summed E-state index contributed by atoms with van der Waals surface area (Å²) in [5.41, 5.74) is 4.96. The third kappa shape index (κ3) is 5.60. The van der Waals surface area contributed by atoms with Gasteiger partial charge in [-0.3, -0.25) is 23.5 Å². The number of hydrogen-bond acceptors (Lipinski definition) is 16. The molecule has 2 aliphatic heterocycles. The fourth-order valence-corrected chi connectivity index (χ4v) is 6.15. The number of nitrogens with zero attached hydrogens (tertiary/aromatic N) is 5. The molecule has 6 heterocycles. The number of H-pyrrole nitrogens is 1. The lowest BCUT2D eigenvalue weighted by Gasteiger charge is -2.29. The number of methoxy groups -OCH3 is 1. The average molecular weight is 636 g/mol. The Labute approximate surface area is 246 Å². The number of aromatic nitrogens is 6. The van der Waals surface area contributed by atoms with E-state index in [4.69, 9.17) is 33.4 Å². The van der Waals surface area contributed by atoms with Crippen molar-refractivity contribution in [2.75, 3.05) is 26.1 Å². The number of aliphatic hydroxyl groups is 2. The molecule has 2 fully saturated rings. The van der Waals surface area contributed by atoms with E-state index in [0.29, 0.717) is 11.2 Å². The van der Waals surface area contributed by atoms with Gasteiger partial charge in [0, 0.05) is 19.7 Å². The molecule has 4 aromatic heterocycles. The second kappa shape index (κ2) is 12.0. The molecule has 19 nitrogen and oxygen atoms in total. The van der Waals surface area contributed by atoms with E-state index in [-0.39, 0.29) is 23.6 Å². The van der Waals surface area contributed by atoms with Gasteiger partial charge in [0.25, 0.3) is 13.4 Å². The minimum absolute atomic E-state index is 0.0309. The van der Waals surface area contributed by atoms with Crippen LogP contribution < -0.4 is 21.9 Å². The molecule has 2 saturated heterocycles. The summed E-state index contributed by atoms with van der Waals surface area (Å²) in [7, 11) is -3.76. The van der Waals surface area contributed by atoms with Crippen LogP contribution in [0.5, 0.6) is 0 Å². The molecule has 0 aliphatic carbocycles. The topological polar surface area (TPSA) is 264 Å². The number of hydrogen-bond donors (Lipinski definition) is 4. The van der Waals surface area contributed by atoms with Gasteiger partial charge in [-0.15, -0.1) is 0 Å². The van der Waals surface area contributed by atoms with E-state index in [0.717, 1.165) is 4.57 Å². The number of imidazole rings is 1. The summed E-state index contributed by atoms with van der Waals surface area (Å²) in [5, 5.41) is 20.7. The molecular formula is C24H27N7O12P-. The molecule has 44 heavy (non-hydrogen) atoms. The second-order valence-electron chi connectivity index (χ2n) is 9.96. The van der Waals surface area contributed by atoms with Gasteiger partial charge in [-0.2, -0.15) is 0 Å². The minimum Gasteiger partial charge on any atom is -0.756 e. The van der Waals surface area contributed by atoms with E-state index in [9.17, 15) is 29.3 Å². The largest absolute Gasteiger partial charge is 0.756 e. The Morgan fingerprint density at radius 3 is 2.77 bits per heavy atom. The number of phosphoric acid groups is 1. The molecule has 4 aromatic rings.